The van der Waals surface area contributed by atoms with Crippen LogP contribution >= 0.6 is 0 Å². The summed E-state index contributed by atoms with van der Waals surface area (Å²) in [5.74, 6) is 6.56. The molecule has 0 aromatic carbocycles. The molecule has 0 aliphatic heterocycles. The first-order valence-corrected chi connectivity index (χ1v) is 9.76. The molecule has 0 heteroatoms. The lowest BCUT2D eigenvalue weighted by Gasteiger charge is -2.38. The van der Waals surface area contributed by atoms with Gasteiger partial charge in [-0.3, -0.25) is 0 Å². The topological polar surface area (TPSA) is 0 Å². The highest BCUT2D eigenvalue weighted by Crippen LogP contribution is 2.47. The first kappa shape index (κ1) is 14.9. The molecule has 0 spiro atoms. The molecule has 0 nitrogen and oxygen atoms in total. The van der Waals surface area contributed by atoms with E-state index in [1.807, 2.05) is 0 Å². The minimum Gasteiger partial charge on any atom is -0.0651 e. The van der Waals surface area contributed by atoms with E-state index < -0.39 is 0 Å². The first-order valence-electron chi connectivity index (χ1n) is 9.76. The van der Waals surface area contributed by atoms with Gasteiger partial charge in [0, 0.05) is 0 Å². The molecule has 3 saturated carbocycles. The smallest absolute Gasteiger partial charge is 0.0383 e. The van der Waals surface area contributed by atoms with E-state index in [9.17, 15) is 0 Å². The van der Waals surface area contributed by atoms with Gasteiger partial charge in [0.15, 0.2) is 0 Å². The van der Waals surface area contributed by atoms with E-state index in [0.29, 0.717) is 0 Å². The molecule has 0 aromatic rings. The minimum absolute atomic E-state index is 1.02. The van der Waals surface area contributed by atoms with E-state index >= 15 is 0 Å². The molecule has 0 N–H and O–H groups in total. The SMILES string of the molecule is CCC1CCC(C2CCC(C3CCC(C)CC3)CC2)C1. The van der Waals surface area contributed by atoms with Crippen molar-refractivity contribution in [1.82, 2.24) is 0 Å². The quantitative estimate of drug-likeness (QED) is 0.556. The Hall–Kier alpha value is 0. The molecule has 0 bridgehead atoms. The summed E-state index contributed by atoms with van der Waals surface area (Å²) in [6, 6.07) is 0. The summed E-state index contributed by atoms with van der Waals surface area (Å²) in [6.07, 6.45) is 18.6. The summed E-state index contributed by atoms with van der Waals surface area (Å²) in [5, 5.41) is 0. The van der Waals surface area contributed by atoms with Gasteiger partial charge in [0.1, 0.15) is 0 Å². The van der Waals surface area contributed by atoms with E-state index in [0.717, 1.165) is 35.5 Å². The second-order valence-electron chi connectivity index (χ2n) is 8.54. The van der Waals surface area contributed by atoms with E-state index in [-0.39, 0.29) is 0 Å². The average molecular weight is 277 g/mol. The fourth-order valence-corrected chi connectivity index (χ4v) is 5.76. The summed E-state index contributed by atoms with van der Waals surface area (Å²) in [4.78, 5) is 0. The second-order valence-corrected chi connectivity index (χ2v) is 8.54. The van der Waals surface area contributed by atoms with Gasteiger partial charge in [-0.1, -0.05) is 39.5 Å². The van der Waals surface area contributed by atoms with Gasteiger partial charge in [0.05, 0.1) is 0 Å². The second kappa shape index (κ2) is 6.84. The van der Waals surface area contributed by atoms with Crippen molar-refractivity contribution in [1.29, 1.82) is 0 Å². The highest BCUT2D eigenvalue weighted by atomic mass is 14.4. The van der Waals surface area contributed by atoms with Gasteiger partial charge < -0.3 is 0 Å². The molecule has 3 rings (SSSR count). The minimum atomic E-state index is 1.02. The molecule has 3 aliphatic carbocycles. The molecule has 0 amide bonds. The Morgan fingerprint density at radius 2 is 1.05 bits per heavy atom. The van der Waals surface area contributed by atoms with Crippen molar-refractivity contribution < 1.29 is 0 Å². The summed E-state index contributed by atoms with van der Waals surface area (Å²) < 4.78 is 0. The normalized spacial score (nSPS) is 46.5. The maximum atomic E-state index is 2.46. The van der Waals surface area contributed by atoms with Crippen molar-refractivity contribution in [2.45, 2.75) is 90.9 Å². The summed E-state index contributed by atoms with van der Waals surface area (Å²) >= 11 is 0. The maximum absolute atomic E-state index is 2.46. The Morgan fingerprint density at radius 1 is 0.600 bits per heavy atom. The molecule has 20 heavy (non-hydrogen) atoms. The zero-order valence-corrected chi connectivity index (χ0v) is 13.9. The van der Waals surface area contributed by atoms with E-state index in [1.165, 1.54) is 19.3 Å². The molecule has 0 aromatic heterocycles. The van der Waals surface area contributed by atoms with Crippen molar-refractivity contribution in [3.63, 3.8) is 0 Å². The van der Waals surface area contributed by atoms with E-state index in [1.54, 1.807) is 57.8 Å². The molecule has 0 radical (unpaired) electrons. The van der Waals surface area contributed by atoms with Crippen molar-refractivity contribution in [2.75, 3.05) is 0 Å². The first-order chi connectivity index (χ1) is 9.76. The number of hydrogen-bond donors (Lipinski definition) is 0. The van der Waals surface area contributed by atoms with Crippen LogP contribution in [0.25, 0.3) is 0 Å². The molecule has 2 unspecified atom stereocenters. The molecule has 3 fully saturated rings. The van der Waals surface area contributed by atoms with Gasteiger partial charge in [-0.25, -0.2) is 0 Å². The van der Waals surface area contributed by atoms with Gasteiger partial charge in [0.25, 0.3) is 0 Å². The third-order valence-corrected chi connectivity index (χ3v) is 7.37. The van der Waals surface area contributed by atoms with Crippen LogP contribution in [0.5, 0.6) is 0 Å². The van der Waals surface area contributed by atoms with Gasteiger partial charge in [-0.2, -0.15) is 0 Å². The van der Waals surface area contributed by atoms with Crippen molar-refractivity contribution in [2.24, 2.45) is 35.5 Å². The summed E-state index contributed by atoms with van der Waals surface area (Å²) in [6.45, 7) is 4.85. The largest absolute Gasteiger partial charge is 0.0651 e. The van der Waals surface area contributed by atoms with E-state index in [4.69, 9.17) is 0 Å². The van der Waals surface area contributed by atoms with E-state index in [2.05, 4.69) is 13.8 Å². The zero-order valence-electron chi connectivity index (χ0n) is 13.9. The van der Waals surface area contributed by atoms with Crippen molar-refractivity contribution in [3.8, 4) is 0 Å². The fraction of sp³-hybridized carbons (Fsp3) is 1.00. The van der Waals surface area contributed by atoms with Gasteiger partial charge in [-0.05, 0) is 86.9 Å². The van der Waals surface area contributed by atoms with Crippen LogP contribution in [-0.2, 0) is 0 Å². The predicted octanol–water partition coefficient (Wildman–Crippen LogP) is 6.45. The van der Waals surface area contributed by atoms with Crippen LogP contribution in [0.3, 0.4) is 0 Å². The van der Waals surface area contributed by atoms with Crippen LogP contribution in [0.4, 0.5) is 0 Å². The van der Waals surface area contributed by atoms with Gasteiger partial charge >= 0.3 is 0 Å². The lowest BCUT2D eigenvalue weighted by atomic mass is 9.67. The van der Waals surface area contributed by atoms with Crippen molar-refractivity contribution >= 4 is 0 Å². The average Bonchev–Trinajstić information content (AvgIpc) is 2.97. The molecule has 116 valence electrons. The zero-order chi connectivity index (χ0) is 13.9. The Labute approximate surface area is 127 Å². The third-order valence-electron chi connectivity index (χ3n) is 7.37. The number of rotatable bonds is 3. The Morgan fingerprint density at radius 3 is 1.55 bits per heavy atom. The number of hydrogen-bond acceptors (Lipinski definition) is 0. The Balaban J connectivity index is 1.43. The van der Waals surface area contributed by atoms with Crippen LogP contribution in [0, 0.1) is 35.5 Å². The lowest BCUT2D eigenvalue weighted by Crippen LogP contribution is -2.27. The molecular formula is C20H36. The van der Waals surface area contributed by atoms with Gasteiger partial charge in [0.2, 0.25) is 0 Å². The monoisotopic (exact) mass is 276 g/mol. The highest BCUT2D eigenvalue weighted by Gasteiger charge is 2.35. The van der Waals surface area contributed by atoms with Crippen molar-refractivity contribution in [3.05, 3.63) is 0 Å². The third kappa shape index (κ3) is 3.42. The highest BCUT2D eigenvalue weighted by molar-refractivity contribution is 4.86. The molecular weight excluding hydrogens is 240 g/mol. The van der Waals surface area contributed by atoms with Crippen LogP contribution < -0.4 is 0 Å². The van der Waals surface area contributed by atoms with Crippen LogP contribution in [0.2, 0.25) is 0 Å². The van der Waals surface area contributed by atoms with Crippen LogP contribution in [0.15, 0.2) is 0 Å². The summed E-state index contributed by atoms with van der Waals surface area (Å²) in [7, 11) is 0. The molecule has 3 aliphatic rings. The molecule has 2 atom stereocenters. The Kier molecular flexibility index (Phi) is 5.10. The van der Waals surface area contributed by atoms with Gasteiger partial charge in [-0.15, -0.1) is 0 Å². The molecule has 0 heterocycles. The lowest BCUT2D eigenvalue weighted by molar-refractivity contribution is 0.128. The fourth-order valence-electron chi connectivity index (χ4n) is 5.76. The maximum Gasteiger partial charge on any atom is -0.0383 e. The molecule has 0 saturated heterocycles. The summed E-state index contributed by atoms with van der Waals surface area (Å²) in [5.41, 5.74) is 0. The standard InChI is InChI=1S/C20H36/c1-3-16-6-9-20(14-16)19-12-10-18(11-13-19)17-7-4-15(2)5-8-17/h15-20H,3-14H2,1-2H3. The van der Waals surface area contributed by atoms with Crippen LogP contribution in [-0.4, -0.2) is 0 Å². The Bertz CT molecular complexity index is 268. The predicted molar refractivity (Wildman–Crippen MR) is 87.7 cm³/mol. The van der Waals surface area contributed by atoms with Crippen LogP contribution in [0.1, 0.15) is 90.9 Å².